The Morgan fingerprint density at radius 3 is 2.48 bits per heavy atom. The van der Waals surface area contributed by atoms with Crippen LogP contribution in [0.5, 0.6) is 0 Å². The Labute approximate surface area is 123 Å². The van der Waals surface area contributed by atoms with Crippen LogP contribution in [0.1, 0.15) is 18.5 Å². The summed E-state index contributed by atoms with van der Waals surface area (Å²) in [6, 6.07) is 14.3. The summed E-state index contributed by atoms with van der Waals surface area (Å²) in [5.74, 6) is 1.56. The molecule has 1 N–H and O–H groups in total. The normalized spacial score (nSPS) is 12.1. The third kappa shape index (κ3) is 2.91. The van der Waals surface area contributed by atoms with Crippen molar-refractivity contribution < 1.29 is 0 Å². The number of hydrogen-bond donors (Lipinski definition) is 1. The Morgan fingerprint density at radius 1 is 1.05 bits per heavy atom. The first-order valence-corrected chi connectivity index (χ1v) is 6.87. The van der Waals surface area contributed by atoms with Crippen molar-refractivity contribution in [3.05, 3.63) is 60.4 Å². The average molecular weight is 279 g/mol. The molecular weight excluding hydrogens is 262 g/mol. The molecule has 106 valence electrons. The number of benzene rings is 1. The van der Waals surface area contributed by atoms with E-state index in [2.05, 4.69) is 39.6 Å². The summed E-state index contributed by atoms with van der Waals surface area (Å²) in [5.41, 5.74) is 1.98. The number of hydrogen-bond acceptors (Lipinski definition) is 4. The van der Waals surface area contributed by atoms with Crippen LogP contribution >= 0.6 is 0 Å². The number of anilines is 1. The van der Waals surface area contributed by atoms with E-state index in [1.54, 1.807) is 6.20 Å². The van der Waals surface area contributed by atoms with Crippen LogP contribution in [0, 0.1) is 0 Å². The molecule has 0 aliphatic rings. The number of aryl methyl sites for hydroxylation is 1. The van der Waals surface area contributed by atoms with Crippen molar-refractivity contribution in [3.8, 4) is 11.5 Å². The van der Waals surface area contributed by atoms with Crippen LogP contribution in [-0.4, -0.2) is 19.7 Å². The molecule has 0 unspecified atom stereocenters. The maximum Gasteiger partial charge on any atom is 0.160 e. The van der Waals surface area contributed by atoms with Gasteiger partial charge in [-0.1, -0.05) is 30.3 Å². The smallest absolute Gasteiger partial charge is 0.160 e. The molecule has 0 aliphatic carbocycles. The molecule has 1 atom stereocenters. The first-order valence-electron chi connectivity index (χ1n) is 6.87. The van der Waals surface area contributed by atoms with Crippen LogP contribution in [0.4, 0.5) is 5.82 Å². The number of nitrogens with one attached hydrogen (secondary N) is 1. The summed E-state index contributed by atoms with van der Waals surface area (Å²) in [4.78, 5) is 4.26. The van der Waals surface area contributed by atoms with Gasteiger partial charge in [0.05, 0.1) is 0 Å². The second-order valence-electron chi connectivity index (χ2n) is 4.94. The van der Waals surface area contributed by atoms with E-state index in [-0.39, 0.29) is 6.04 Å². The monoisotopic (exact) mass is 279 g/mol. The molecule has 5 heteroatoms. The molecule has 0 aliphatic heterocycles. The van der Waals surface area contributed by atoms with Gasteiger partial charge in [0.1, 0.15) is 11.5 Å². The highest BCUT2D eigenvalue weighted by molar-refractivity contribution is 5.51. The highest BCUT2D eigenvalue weighted by Gasteiger charge is 2.08. The fraction of sp³-hybridized carbons (Fsp3) is 0.188. The molecule has 21 heavy (non-hydrogen) atoms. The van der Waals surface area contributed by atoms with Gasteiger partial charge in [-0.3, -0.25) is 0 Å². The third-order valence-corrected chi connectivity index (χ3v) is 3.38. The maximum absolute atomic E-state index is 4.26. The highest BCUT2D eigenvalue weighted by Crippen LogP contribution is 2.19. The SMILES string of the molecule is C[C@@H](Nc1ccc(-c2nccn2C)nn1)c1ccccc1. The van der Waals surface area contributed by atoms with E-state index in [0.29, 0.717) is 0 Å². The van der Waals surface area contributed by atoms with E-state index in [9.17, 15) is 0 Å². The molecule has 0 bridgehead atoms. The zero-order chi connectivity index (χ0) is 14.7. The summed E-state index contributed by atoms with van der Waals surface area (Å²) < 4.78 is 1.92. The van der Waals surface area contributed by atoms with Gasteiger partial charge >= 0.3 is 0 Å². The Bertz CT molecular complexity index is 703. The Morgan fingerprint density at radius 2 is 1.86 bits per heavy atom. The van der Waals surface area contributed by atoms with Crippen LogP contribution in [0.3, 0.4) is 0 Å². The number of nitrogens with zero attached hydrogens (tertiary/aromatic N) is 4. The first kappa shape index (κ1) is 13.3. The number of aromatic nitrogens is 4. The minimum absolute atomic E-state index is 0.180. The molecule has 2 heterocycles. The van der Waals surface area contributed by atoms with Crippen LogP contribution in [-0.2, 0) is 7.05 Å². The molecule has 1 aromatic carbocycles. The molecule has 0 amide bonds. The van der Waals surface area contributed by atoms with Crippen LogP contribution in [0.15, 0.2) is 54.9 Å². The van der Waals surface area contributed by atoms with Gasteiger partial charge < -0.3 is 9.88 Å². The second-order valence-corrected chi connectivity index (χ2v) is 4.94. The van der Waals surface area contributed by atoms with E-state index in [1.807, 2.05) is 48.1 Å². The molecule has 3 rings (SSSR count). The lowest BCUT2D eigenvalue weighted by Crippen LogP contribution is -2.08. The Balaban J connectivity index is 1.75. The van der Waals surface area contributed by atoms with Crippen molar-refractivity contribution in [3.63, 3.8) is 0 Å². The van der Waals surface area contributed by atoms with Crippen LogP contribution in [0.2, 0.25) is 0 Å². The topological polar surface area (TPSA) is 55.6 Å². The quantitative estimate of drug-likeness (QED) is 0.797. The first-order chi connectivity index (χ1) is 10.2. The van der Waals surface area contributed by atoms with Crippen molar-refractivity contribution in [2.24, 2.45) is 7.05 Å². The van der Waals surface area contributed by atoms with Crippen molar-refractivity contribution >= 4 is 5.82 Å². The van der Waals surface area contributed by atoms with Crippen molar-refractivity contribution in [1.82, 2.24) is 19.7 Å². The lowest BCUT2D eigenvalue weighted by Gasteiger charge is -2.14. The molecule has 2 aromatic heterocycles. The summed E-state index contributed by atoms with van der Waals surface area (Å²) in [6.45, 7) is 2.10. The average Bonchev–Trinajstić information content (AvgIpc) is 2.95. The van der Waals surface area contributed by atoms with Gasteiger partial charge in [-0.25, -0.2) is 4.98 Å². The van der Waals surface area contributed by atoms with E-state index in [4.69, 9.17) is 0 Å². The predicted octanol–water partition coefficient (Wildman–Crippen LogP) is 3.05. The second kappa shape index (κ2) is 5.75. The van der Waals surface area contributed by atoms with E-state index in [0.717, 1.165) is 17.3 Å². The van der Waals surface area contributed by atoms with E-state index < -0.39 is 0 Å². The van der Waals surface area contributed by atoms with Crippen LogP contribution < -0.4 is 5.32 Å². The fourth-order valence-electron chi connectivity index (χ4n) is 2.19. The zero-order valence-corrected chi connectivity index (χ0v) is 12.1. The van der Waals surface area contributed by atoms with Crippen molar-refractivity contribution in [1.29, 1.82) is 0 Å². The molecular formula is C16H17N5. The van der Waals surface area contributed by atoms with E-state index in [1.165, 1.54) is 5.56 Å². The lowest BCUT2D eigenvalue weighted by molar-refractivity contribution is 0.856. The Kier molecular flexibility index (Phi) is 3.64. The van der Waals surface area contributed by atoms with Gasteiger partial charge in [-0.05, 0) is 24.6 Å². The zero-order valence-electron chi connectivity index (χ0n) is 12.1. The standard InChI is InChI=1S/C16H17N5/c1-12(13-6-4-3-5-7-13)18-15-9-8-14(19-20-15)16-17-10-11-21(16)2/h3-12H,1-2H3,(H,18,20)/t12-/m1/s1. The highest BCUT2D eigenvalue weighted by atomic mass is 15.2. The molecule has 0 saturated heterocycles. The van der Waals surface area contributed by atoms with Crippen molar-refractivity contribution in [2.75, 3.05) is 5.32 Å². The van der Waals surface area contributed by atoms with Gasteiger partial charge in [0.2, 0.25) is 0 Å². The van der Waals surface area contributed by atoms with Gasteiger partial charge in [0, 0.05) is 25.5 Å². The minimum Gasteiger partial charge on any atom is -0.362 e. The van der Waals surface area contributed by atoms with E-state index >= 15 is 0 Å². The Hall–Kier alpha value is -2.69. The van der Waals surface area contributed by atoms with Crippen molar-refractivity contribution in [2.45, 2.75) is 13.0 Å². The summed E-state index contributed by atoms with van der Waals surface area (Å²) in [6.07, 6.45) is 3.64. The van der Waals surface area contributed by atoms with Gasteiger partial charge in [-0.15, -0.1) is 10.2 Å². The molecule has 0 spiro atoms. The summed E-state index contributed by atoms with van der Waals surface area (Å²) >= 11 is 0. The summed E-state index contributed by atoms with van der Waals surface area (Å²) in [5, 5.41) is 11.8. The largest absolute Gasteiger partial charge is 0.362 e. The molecule has 0 fully saturated rings. The lowest BCUT2D eigenvalue weighted by atomic mass is 10.1. The summed E-state index contributed by atoms with van der Waals surface area (Å²) in [7, 11) is 1.94. The van der Waals surface area contributed by atoms with Gasteiger partial charge in [-0.2, -0.15) is 0 Å². The molecule has 3 aromatic rings. The number of imidazole rings is 1. The number of rotatable bonds is 4. The van der Waals surface area contributed by atoms with Gasteiger partial charge in [0.15, 0.2) is 5.82 Å². The molecule has 5 nitrogen and oxygen atoms in total. The van der Waals surface area contributed by atoms with Crippen LogP contribution in [0.25, 0.3) is 11.5 Å². The predicted molar refractivity (Wildman–Crippen MR) is 82.7 cm³/mol. The van der Waals surface area contributed by atoms with Gasteiger partial charge in [0.25, 0.3) is 0 Å². The molecule has 0 saturated carbocycles. The maximum atomic E-state index is 4.26. The third-order valence-electron chi connectivity index (χ3n) is 3.38. The fourth-order valence-corrected chi connectivity index (χ4v) is 2.19. The minimum atomic E-state index is 0.180. The molecule has 0 radical (unpaired) electrons.